The van der Waals surface area contributed by atoms with Crippen LogP contribution >= 0.6 is 0 Å². The second-order valence-corrected chi connectivity index (χ2v) is 10.6. The molecule has 0 radical (unpaired) electrons. The van der Waals surface area contributed by atoms with E-state index < -0.39 is 47.9 Å². The van der Waals surface area contributed by atoms with E-state index >= 15 is 0 Å². The number of nitrogens with two attached hydrogens (primary N) is 3. The van der Waals surface area contributed by atoms with Gasteiger partial charge in [-0.3, -0.25) is 19.4 Å². The number of rotatable bonds is 17. The zero-order chi connectivity index (χ0) is 33.6. The Bertz CT molecular complexity index is 1480. The van der Waals surface area contributed by atoms with Crippen LogP contribution in [0.25, 0.3) is 0 Å². The number of carbonyl (C=O) groups is 4. The summed E-state index contributed by atoms with van der Waals surface area (Å²) < 4.78 is 0. The first-order valence-electron chi connectivity index (χ1n) is 14.4. The number of benzene rings is 2. The van der Waals surface area contributed by atoms with E-state index in [-0.39, 0.29) is 56.1 Å². The molecule has 0 aliphatic heterocycles. The number of hydrogen-bond donors (Lipinski definition) is 10. The summed E-state index contributed by atoms with van der Waals surface area (Å²) in [5.74, 6) is -3.55. The van der Waals surface area contributed by atoms with Crippen LogP contribution in [0, 0.1) is 0 Å². The van der Waals surface area contributed by atoms with Crippen molar-refractivity contribution < 1.29 is 34.5 Å². The van der Waals surface area contributed by atoms with Crippen molar-refractivity contribution in [1.82, 2.24) is 25.9 Å². The first-order valence-corrected chi connectivity index (χ1v) is 14.4. The normalized spacial score (nSPS) is 13.4. The predicted octanol–water partition coefficient (Wildman–Crippen LogP) is -1.23. The number of guanidine groups is 1. The molecule has 4 atom stereocenters. The molecule has 0 spiro atoms. The highest BCUT2D eigenvalue weighted by Gasteiger charge is 2.31. The van der Waals surface area contributed by atoms with Crippen molar-refractivity contribution in [3.63, 3.8) is 0 Å². The number of imidazole rings is 1. The maximum Gasteiger partial charge on any atom is 0.326 e. The van der Waals surface area contributed by atoms with Gasteiger partial charge in [0, 0.05) is 31.3 Å². The van der Waals surface area contributed by atoms with Crippen molar-refractivity contribution in [3.05, 3.63) is 77.9 Å². The van der Waals surface area contributed by atoms with Crippen LogP contribution in [-0.4, -0.2) is 85.7 Å². The molecule has 0 aliphatic rings. The lowest BCUT2D eigenvalue weighted by atomic mass is 10.0. The van der Waals surface area contributed by atoms with Crippen molar-refractivity contribution in [1.29, 1.82) is 0 Å². The van der Waals surface area contributed by atoms with Crippen LogP contribution in [0.15, 0.2) is 66.0 Å². The Labute approximate surface area is 264 Å². The molecular formula is C30H39N9O7. The minimum Gasteiger partial charge on any atom is -0.508 e. The van der Waals surface area contributed by atoms with Crippen molar-refractivity contribution >= 4 is 29.7 Å². The van der Waals surface area contributed by atoms with Gasteiger partial charge in [0.05, 0.1) is 12.4 Å². The number of nitrogens with one attached hydrogen (secondary N) is 4. The smallest absolute Gasteiger partial charge is 0.326 e. The van der Waals surface area contributed by atoms with Gasteiger partial charge in [0.15, 0.2) is 5.96 Å². The molecule has 0 saturated carbocycles. The number of hydrogen-bond acceptors (Lipinski definition) is 9. The lowest BCUT2D eigenvalue weighted by molar-refractivity contribution is -0.142. The third-order valence-electron chi connectivity index (χ3n) is 6.91. The Morgan fingerprint density at radius 2 is 1.33 bits per heavy atom. The standard InChI is InChI=1S/C30H39N9O7/c31-22(12-17-3-7-20(40)8-4-17)26(42)38-24(13-18-5-9-21(41)10-6-18)28(44)37-23(2-1-11-35-30(32)33)27(43)39-25(29(45)46)14-19-15-34-16-36-19/h3-10,15-16,22-25,40-41H,1-2,11-14,31H2,(H,34,36)(H,37,44)(H,38,42)(H,39,43)(H,45,46)(H4,32,33,35). The maximum absolute atomic E-state index is 13.7. The molecule has 0 bridgehead atoms. The Morgan fingerprint density at radius 3 is 1.87 bits per heavy atom. The van der Waals surface area contributed by atoms with E-state index in [4.69, 9.17) is 17.2 Å². The van der Waals surface area contributed by atoms with E-state index in [1.54, 1.807) is 24.3 Å². The second-order valence-electron chi connectivity index (χ2n) is 10.6. The fourth-order valence-electron chi connectivity index (χ4n) is 4.47. The number of H-pyrrole nitrogens is 1. The van der Waals surface area contributed by atoms with Crippen LogP contribution in [-0.2, 0) is 38.4 Å². The minimum atomic E-state index is -1.34. The molecule has 0 saturated heterocycles. The number of aliphatic imine (C=N–C) groups is 1. The van der Waals surface area contributed by atoms with Gasteiger partial charge in [0.25, 0.3) is 0 Å². The highest BCUT2D eigenvalue weighted by molar-refractivity contribution is 5.94. The zero-order valence-electron chi connectivity index (χ0n) is 24.9. The summed E-state index contributed by atoms with van der Waals surface area (Å²) in [6.07, 6.45) is 3.09. The van der Waals surface area contributed by atoms with Crippen LogP contribution in [0.2, 0.25) is 0 Å². The zero-order valence-corrected chi connectivity index (χ0v) is 24.9. The monoisotopic (exact) mass is 637 g/mol. The lowest BCUT2D eigenvalue weighted by Crippen LogP contribution is -2.58. The molecule has 13 N–H and O–H groups in total. The first-order chi connectivity index (χ1) is 21.9. The van der Waals surface area contributed by atoms with Gasteiger partial charge in [-0.2, -0.15) is 0 Å². The Morgan fingerprint density at radius 1 is 0.783 bits per heavy atom. The average Bonchev–Trinajstić information content (AvgIpc) is 3.53. The number of phenols is 2. The number of phenolic OH excluding ortho intramolecular Hbond substituents is 2. The number of aromatic hydroxyl groups is 2. The van der Waals surface area contributed by atoms with Crippen LogP contribution in [0.4, 0.5) is 0 Å². The van der Waals surface area contributed by atoms with Crippen LogP contribution < -0.4 is 33.2 Å². The fourth-order valence-corrected chi connectivity index (χ4v) is 4.47. The van der Waals surface area contributed by atoms with Crippen LogP contribution in [0.3, 0.4) is 0 Å². The molecule has 4 unspecified atom stereocenters. The van der Waals surface area contributed by atoms with E-state index in [2.05, 4.69) is 30.9 Å². The SMILES string of the molecule is NC(N)=NCCCC(NC(=O)C(Cc1ccc(O)cc1)NC(=O)C(N)Cc1ccc(O)cc1)C(=O)NC(Cc1cnc[nH]1)C(=O)O. The molecule has 0 fully saturated rings. The van der Waals surface area contributed by atoms with E-state index in [0.29, 0.717) is 16.8 Å². The Balaban J connectivity index is 1.79. The number of amides is 3. The quantitative estimate of drug-likeness (QED) is 0.0475. The van der Waals surface area contributed by atoms with Crippen molar-refractivity contribution in [2.75, 3.05) is 6.54 Å². The van der Waals surface area contributed by atoms with Crippen LogP contribution in [0.5, 0.6) is 11.5 Å². The number of carboxylic acid groups (broad SMARTS) is 1. The Hall–Kier alpha value is -5.64. The molecule has 1 heterocycles. The van der Waals surface area contributed by atoms with Crippen molar-refractivity contribution in [2.45, 2.75) is 56.3 Å². The van der Waals surface area contributed by atoms with Gasteiger partial charge in [-0.25, -0.2) is 9.78 Å². The van der Waals surface area contributed by atoms with Gasteiger partial charge < -0.3 is 53.5 Å². The highest BCUT2D eigenvalue weighted by Crippen LogP contribution is 2.14. The first kappa shape index (κ1) is 34.8. The summed E-state index contributed by atoms with van der Waals surface area (Å²) >= 11 is 0. The number of aromatic nitrogens is 2. The summed E-state index contributed by atoms with van der Waals surface area (Å²) in [6.45, 7) is 0.137. The largest absolute Gasteiger partial charge is 0.508 e. The van der Waals surface area contributed by atoms with Gasteiger partial charge in [0.2, 0.25) is 17.7 Å². The molecule has 246 valence electrons. The molecule has 2 aromatic carbocycles. The molecule has 16 heteroatoms. The lowest BCUT2D eigenvalue weighted by Gasteiger charge is -2.25. The van der Waals surface area contributed by atoms with Gasteiger partial charge >= 0.3 is 5.97 Å². The van der Waals surface area contributed by atoms with Gasteiger partial charge in [0.1, 0.15) is 29.6 Å². The third kappa shape index (κ3) is 11.5. The van der Waals surface area contributed by atoms with Crippen LogP contribution in [0.1, 0.15) is 29.7 Å². The summed E-state index contributed by atoms with van der Waals surface area (Å²) in [5.41, 5.74) is 18.7. The number of carboxylic acids is 1. The van der Waals surface area contributed by atoms with Crippen molar-refractivity contribution in [3.8, 4) is 11.5 Å². The summed E-state index contributed by atoms with van der Waals surface area (Å²) in [4.78, 5) is 62.7. The topological polar surface area (TPSA) is 284 Å². The molecule has 16 nitrogen and oxygen atoms in total. The van der Waals surface area contributed by atoms with E-state index in [0.717, 1.165) is 0 Å². The summed E-state index contributed by atoms with van der Waals surface area (Å²) in [5, 5.41) is 36.7. The van der Waals surface area contributed by atoms with Gasteiger partial charge in [-0.05, 0) is 54.7 Å². The van der Waals surface area contributed by atoms with Crippen molar-refractivity contribution in [2.24, 2.45) is 22.2 Å². The maximum atomic E-state index is 13.7. The minimum absolute atomic E-state index is 0.00494. The molecule has 0 aliphatic carbocycles. The summed E-state index contributed by atoms with van der Waals surface area (Å²) in [7, 11) is 0. The molecule has 3 rings (SSSR count). The third-order valence-corrected chi connectivity index (χ3v) is 6.91. The van der Waals surface area contributed by atoms with E-state index in [9.17, 15) is 34.5 Å². The number of nitrogens with zero attached hydrogens (tertiary/aromatic N) is 2. The molecule has 3 amide bonds. The molecule has 3 aromatic rings. The Kier molecular flexibility index (Phi) is 12.9. The second kappa shape index (κ2) is 17.0. The number of aromatic amines is 1. The average molecular weight is 638 g/mol. The molecular weight excluding hydrogens is 598 g/mol. The van der Waals surface area contributed by atoms with Gasteiger partial charge in [-0.15, -0.1) is 0 Å². The molecule has 46 heavy (non-hydrogen) atoms. The van der Waals surface area contributed by atoms with E-state index in [1.807, 2.05) is 0 Å². The number of aliphatic carboxylic acids is 1. The van der Waals surface area contributed by atoms with Gasteiger partial charge in [-0.1, -0.05) is 24.3 Å². The highest BCUT2D eigenvalue weighted by atomic mass is 16.4. The fraction of sp³-hybridized carbons (Fsp3) is 0.333. The number of carbonyl (C=O) groups excluding carboxylic acids is 3. The predicted molar refractivity (Wildman–Crippen MR) is 167 cm³/mol. The summed E-state index contributed by atoms with van der Waals surface area (Å²) in [6, 6.07) is 7.32. The van der Waals surface area contributed by atoms with E-state index in [1.165, 1.54) is 36.8 Å². The molecule has 1 aromatic heterocycles.